The van der Waals surface area contributed by atoms with Crippen molar-refractivity contribution in [2.24, 2.45) is 0 Å². The van der Waals surface area contributed by atoms with Gasteiger partial charge in [0, 0.05) is 0 Å². The minimum absolute atomic E-state index is 1.19. The van der Waals surface area contributed by atoms with E-state index in [-0.39, 0.29) is 0 Å². The summed E-state index contributed by atoms with van der Waals surface area (Å²) in [5.74, 6) is -1.19. The van der Waals surface area contributed by atoms with Crippen molar-refractivity contribution in [1.29, 1.82) is 0 Å². The molecule has 0 aromatic rings. The molecule has 0 amide bonds. The Bertz CT molecular complexity index is 57.1. The Hall–Kier alpha value is -0.570. The molecule has 3 heteroatoms. The summed E-state index contributed by atoms with van der Waals surface area (Å²) in [6.45, 7) is 1.20. The van der Waals surface area contributed by atoms with E-state index in [0.717, 1.165) is 0 Å². The number of carboxylic acids is 1. The molecule has 0 heterocycles. The van der Waals surface area contributed by atoms with Gasteiger partial charge in [0.25, 0.3) is 0 Å². The Kier molecular flexibility index (Phi) is 1.60. The first kappa shape index (κ1) is 5.43. The second-order valence-electron chi connectivity index (χ2n) is 1.01. The maximum Gasteiger partial charge on any atom is 0.332 e. The molecule has 0 bridgehead atoms. The number of carboxylic acid groups (broad SMARTS) is 1. The van der Waals surface area contributed by atoms with Crippen molar-refractivity contribution in [3.05, 3.63) is 0 Å². The maximum absolute atomic E-state index is 9.45. The van der Waals surface area contributed by atoms with Crippen LogP contribution in [0.5, 0.6) is 0 Å². The second-order valence-corrected chi connectivity index (χ2v) is 1.01. The predicted molar refractivity (Wildman–Crippen MR) is 19.3 cm³/mol. The summed E-state index contributed by atoms with van der Waals surface area (Å²) >= 11 is 0. The first-order valence-corrected chi connectivity index (χ1v) is 1.55. The van der Waals surface area contributed by atoms with Crippen LogP contribution in [0.2, 0.25) is 0 Å². The molecule has 0 unspecified atom stereocenters. The zero-order valence-electron chi connectivity index (χ0n) is 3.38. The van der Waals surface area contributed by atoms with E-state index in [4.69, 9.17) is 10.2 Å². The Morgan fingerprint density at radius 1 is 1.83 bits per heavy atom. The van der Waals surface area contributed by atoms with Crippen molar-refractivity contribution in [2.75, 3.05) is 0 Å². The van der Waals surface area contributed by atoms with Crippen LogP contribution < -0.4 is 0 Å². The predicted octanol–water partition coefficient (Wildman–Crippen LogP) is -0.548. The fraction of sp³-hybridized carbons (Fsp3) is 0.667. The number of hydrogen-bond acceptors (Lipinski definition) is 2. The number of aliphatic carboxylic acids is 1. The molecule has 36 valence electrons. The first-order valence-electron chi connectivity index (χ1n) is 1.55. The molecule has 0 aliphatic rings. The van der Waals surface area contributed by atoms with Crippen LogP contribution >= 0.6 is 0 Å². The Morgan fingerprint density at radius 3 is 2.00 bits per heavy atom. The average Bonchev–Trinajstić information content (AvgIpc) is 1.36. The van der Waals surface area contributed by atoms with Crippen molar-refractivity contribution >= 4 is 5.97 Å². The summed E-state index contributed by atoms with van der Waals surface area (Å²) in [4.78, 5) is 9.45. The van der Waals surface area contributed by atoms with Gasteiger partial charge in [-0.3, -0.25) is 0 Å². The van der Waals surface area contributed by atoms with Crippen molar-refractivity contribution in [3.8, 4) is 0 Å². The van der Waals surface area contributed by atoms with Gasteiger partial charge in [0.15, 0.2) is 0 Å². The van der Waals surface area contributed by atoms with Gasteiger partial charge in [-0.05, 0) is 6.92 Å². The second kappa shape index (κ2) is 1.77. The van der Waals surface area contributed by atoms with Crippen LogP contribution in [0.3, 0.4) is 0 Å². The third-order valence-corrected chi connectivity index (χ3v) is 0.357. The average molecular weight is 91.1 g/mol. The van der Waals surface area contributed by atoms with Crippen LogP contribution in [0.15, 0.2) is 0 Å². The van der Waals surface area contributed by atoms with Gasteiger partial charge < -0.3 is 10.2 Å². The molecule has 0 aromatic heterocycles. The molecule has 0 fully saturated rings. The molecule has 0 aliphatic carbocycles. The molecule has 0 saturated carbocycles. The summed E-state index contributed by atoms with van der Waals surface area (Å²) in [5, 5.41) is 15.8. The van der Waals surface area contributed by atoms with Gasteiger partial charge in [-0.25, -0.2) is 4.79 Å². The van der Waals surface area contributed by atoms with E-state index in [1.165, 1.54) is 6.92 Å². The summed E-state index contributed by atoms with van der Waals surface area (Å²) in [6.07, 6.45) is -1.23. The fourth-order valence-corrected chi connectivity index (χ4v) is 0. The fourth-order valence-electron chi connectivity index (χ4n) is 0. The van der Waals surface area contributed by atoms with Gasteiger partial charge >= 0.3 is 5.97 Å². The zero-order chi connectivity index (χ0) is 5.15. The van der Waals surface area contributed by atoms with Crippen molar-refractivity contribution in [1.82, 2.24) is 0 Å². The van der Waals surface area contributed by atoms with E-state index < -0.39 is 12.1 Å². The molecule has 0 aliphatic heterocycles. The summed E-state index contributed by atoms with van der Waals surface area (Å²) in [6, 6.07) is 0. The number of hydrogen-bond donors (Lipinski definition) is 2. The zero-order valence-corrected chi connectivity index (χ0v) is 3.38. The van der Waals surface area contributed by atoms with Gasteiger partial charge in [-0.1, -0.05) is 0 Å². The van der Waals surface area contributed by atoms with Crippen LogP contribution in [-0.2, 0) is 4.79 Å². The van der Waals surface area contributed by atoms with Crippen LogP contribution in [0.1, 0.15) is 6.92 Å². The topological polar surface area (TPSA) is 57.5 Å². The van der Waals surface area contributed by atoms with Gasteiger partial charge in [0.1, 0.15) is 6.10 Å². The molecule has 0 radical (unpaired) electrons. The molecule has 2 N–H and O–H groups in total. The first-order chi connectivity index (χ1) is 2.64. The van der Waals surface area contributed by atoms with E-state index in [1.807, 2.05) is 0 Å². The lowest BCUT2D eigenvalue weighted by Crippen LogP contribution is -2.13. The lowest BCUT2D eigenvalue weighted by Gasteiger charge is -1.89. The quantitative estimate of drug-likeness (QED) is 0.426. The molecular formula is C3H6O3. The van der Waals surface area contributed by atoms with E-state index in [1.54, 1.807) is 0 Å². The van der Waals surface area contributed by atoms with E-state index in [0.29, 0.717) is 0 Å². The highest BCUT2D eigenvalue weighted by molar-refractivity contribution is 5.71. The molecule has 0 saturated heterocycles. The smallest absolute Gasteiger partial charge is 0.332 e. The number of aliphatic hydroxyl groups excluding tert-OH is 1. The lowest BCUT2D eigenvalue weighted by atomic mass is 10.6. The Labute approximate surface area is 35.2 Å². The van der Waals surface area contributed by atoms with E-state index >= 15 is 0 Å². The summed E-state index contributed by atoms with van der Waals surface area (Å²) in [7, 11) is 0. The monoisotopic (exact) mass is 91.0 g/mol. The summed E-state index contributed by atoms with van der Waals surface area (Å²) < 4.78 is 0. The van der Waals surface area contributed by atoms with Crippen LogP contribution in [0.4, 0.5) is 0 Å². The van der Waals surface area contributed by atoms with Crippen molar-refractivity contribution in [3.63, 3.8) is 0 Å². The van der Waals surface area contributed by atoms with E-state index in [2.05, 4.69) is 0 Å². The van der Waals surface area contributed by atoms with Gasteiger partial charge in [-0.15, -0.1) is 0 Å². The van der Waals surface area contributed by atoms with Crippen molar-refractivity contribution in [2.45, 2.75) is 13.0 Å². The number of rotatable bonds is 1. The standard InChI is InChI=1S/C3H6O3/c1-2(4)3(5)6/h2,4H,1H3,(H,5,6)/t2-/m1/s1/i3+1. The van der Waals surface area contributed by atoms with Crippen molar-refractivity contribution < 1.29 is 15.0 Å². The highest BCUT2D eigenvalue weighted by Crippen LogP contribution is 1.73. The molecule has 0 aromatic carbocycles. The minimum atomic E-state index is -1.23. The normalized spacial score (nSPS) is 13.7. The van der Waals surface area contributed by atoms with Gasteiger partial charge in [-0.2, -0.15) is 0 Å². The highest BCUT2D eigenvalue weighted by Gasteiger charge is 2.01. The molecule has 0 spiro atoms. The summed E-state index contributed by atoms with van der Waals surface area (Å²) in [5.41, 5.74) is 0. The molecule has 3 nitrogen and oxygen atoms in total. The molecule has 1 atom stereocenters. The Morgan fingerprint density at radius 2 is 2.00 bits per heavy atom. The SMILES string of the molecule is C[C@@H](O)[13C](=O)O. The Balaban J connectivity index is 3.26. The lowest BCUT2D eigenvalue weighted by molar-refractivity contribution is -0.145. The maximum atomic E-state index is 9.45. The number of aliphatic hydroxyl groups is 1. The third-order valence-electron chi connectivity index (χ3n) is 0.357. The molecular weight excluding hydrogens is 85.0 g/mol. The van der Waals surface area contributed by atoms with Gasteiger partial charge in [0.05, 0.1) is 0 Å². The largest absolute Gasteiger partial charge is 0.479 e. The van der Waals surface area contributed by atoms with Crippen LogP contribution in [0.25, 0.3) is 0 Å². The molecule has 0 rings (SSSR count). The molecule has 6 heavy (non-hydrogen) atoms. The van der Waals surface area contributed by atoms with Crippen LogP contribution in [0, 0.1) is 0 Å². The van der Waals surface area contributed by atoms with E-state index in [9.17, 15) is 4.79 Å². The highest BCUT2D eigenvalue weighted by atomic mass is 16.5. The van der Waals surface area contributed by atoms with Crippen LogP contribution in [-0.4, -0.2) is 22.3 Å². The minimum Gasteiger partial charge on any atom is -0.479 e. The van der Waals surface area contributed by atoms with Gasteiger partial charge in [0.2, 0.25) is 0 Å². The number of carbonyl (C=O) groups is 1. The third kappa shape index (κ3) is 1.72.